The van der Waals surface area contributed by atoms with Crippen LogP contribution < -0.4 is 20.1 Å². The zero-order chi connectivity index (χ0) is 15.5. The Kier molecular flexibility index (Phi) is 3.88. The molecular weight excluding hydrogens is 292 g/mol. The summed E-state index contributed by atoms with van der Waals surface area (Å²) in [5, 5.41) is 6.80. The van der Waals surface area contributed by atoms with Crippen molar-refractivity contribution in [1.29, 1.82) is 0 Å². The number of benzene rings is 1. The van der Waals surface area contributed by atoms with Gasteiger partial charge >= 0.3 is 0 Å². The number of anilines is 3. The van der Waals surface area contributed by atoms with Gasteiger partial charge in [0, 0.05) is 23.9 Å². The third-order valence-electron chi connectivity index (χ3n) is 4.27. The van der Waals surface area contributed by atoms with Crippen LogP contribution in [0.5, 0.6) is 11.5 Å². The topological polar surface area (TPSA) is 68.3 Å². The number of fused-ring (bicyclic) bond motifs is 1. The van der Waals surface area contributed by atoms with Crippen LogP contribution >= 0.6 is 0 Å². The van der Waals surface area contributed by atoms with E-state index in [1.165, 1.54) is 32.1 Å². The molecule has 6 heteroatoms. The minimum absolute atomic E-state index is 0.280. The maximum absolute atomic E-state index is 5.39. The number of nitrogens with zero attached hydrogens (tertiary/aromatic N) is 2. The number of hydrogen-bond donors (Lipinski definition) is 2. The fraction of sp³-hybridized carbons (Fsp3) is 0.412. The highest BCUT2D eigenvalue weighted by Gasteiger charge is 2.15. The lowest BCUT2D eigenvalue weighted by atomic mass is 9.95. The Labute approximate surface area is 135 Å². The van der Waals surface area contributed by atoms with E-state index in [1.807, 2.05) is 24.3 Å². The first kappa shape index (κ1) is 14.1. The first-order valence-electron chi connectivity index (χ1n) is 8.12. The van der Waals surface area contributed by atoms with E-state index in [-0.39, 0.29) is 6.79 Å². The second kappa shape index (κ2) is 6.32. The summed E-state index contributed by atoms with van der Waals surface area (Å²) in [7, 11) is 0. The summed E-state index contributed by atoms with van der Waals surface area (Å²) in [6.07, 6.45) is 7.96. The van der Waals surface area contributed by atoms with E-state index >= 15 is 0 Å². The number of nitrogens with one attached hydrogen (secondary N) is 2. The molecule has 0 saturated heterocycles. The van der Waals surface area contributed by atoms with E-state index in [2.05, 4.69) is 20.6 Å². The van der Waals surface area contributed by atoms with Gasteiger partial charge in [0.2, 0.25) is 6.79 Å². The Hall–Kier alpha value is -2.50. The molecule has 4 rings (SSSR count). The Morgan fingerprint density at radius 2 is 1.74 bits per heavy atom. The van der Waals surface area contributed by atoms with E-state index in [4.69, 9.17) is 9.47 Å². The van der Waals surface area contributed by atoms with Crippen LogP contribution in [-0.4, -0.2) is 22.8 Å². The highest BCUT2D eigenvalue weighted by atomic mass is 16.7. The lowest BCUT2D eigenvalue weighted by Crippen LogP contribution is -2.22. The molecule has 0 atom stereocenters. The zero-order valence-electron chi connectivity index (χ0n) is 12.9. The van der Waals surface area contributed by atoms with Crippen molar-refractivity contribution in [2.24, 2.45) is 0 Å². The van der Waals surface area contributed by atoms with Gasteiger partial charge in [-0.25, -0.2) is 9.97 Å². The van der Waals surface area contributed by atoms with Crippen LogP contribution in [0.25, 0.3) is 0 Å². The van der Waals surface area contributed by atoms with Gasteiger partial charge in [0.25, 0.3) is 0 Å². The van der Waals surface area contributed by atoms with E-state index in [0.29, 0.717) is 6.04 Å². The van der Waals surface area contributed by atoms with Crippen LogP contribution in [-0.2, 0) is 0 Å². The Morgan fingerprint density at radius 1 is 0.913 bits per heavy atom. The minimum Gasteiger partial charge on any atom is -0.454 e. The molecule has 2 aliphatic rings. The Bertz CT molecular complexity index is 686. The molecule has 2 heterocycles. The molecule has 6 nitrogen and oxygen atoms in total. The minimum atomic E-state index is 0.280. The fourth-order valence-corrected chi connectivity index (χ4v) is 3.08. The lowest BCUT2D eigenvalue weighted by molar-refractivity contribution is 0.174. The third kappa shape index (κ3) is 3.31. The van der Waals surface area contributed by atoms with Crippen LogP contribution in [0.3, 0.4) is 0 Å². The summed E-state index contributed by atoms with van der Waals surface area (Å²) < 4.78 is 10.7. The largest absolute Gasteiger partial charge is 0.454 e. The highest BCUT2D eigenvalue weighted by molar-refractivity contribution is 5.63. The second-order valence-corrected chi connectivity index (χ2v) is 5.96. The molecule has 23 heavy (non-hydrogen) atoms. The molecule has 0 amide bonds. The van der Waals surface area contributed by atoms with Crippen LogP contribution in [0.4, 0.5) is 17.3 Å². The van der Waals surface area contributed by atoms with Crippen molar-refractivity contribution in [3.63, 3.8) is 0 Å². The molecule has 1 aliphatic heterocycles. The van der Waals surface area contributed by atoms with E-state index in [9.17, 15) is 0 Å². The number of aromatic nitrogens is 2. The maximum atomic E-state index is 5.39. The van der Waals surface area contributed by atoms with Crippen LogP contribution in [0, 0.1) is 0 Å². The SMILES string of the molecule is c1nc(Nc2ccc3c(c2)OCO3)cc(NC2CCCCC2)n1. The van der Waals surface area contributed by atoms with Gasteiger partial charge in [-0.05, 0) is 25.0 Å². The lowest BCUT2D eigenvalue weighted by Gasteiger charge is -2.23. The number of hydrogen-bond acceptors (Lipinski definition) is 6. The van der Waals surface area contributed by atoms with Gasteiger partial charge in [0.05, 0.1) is 0 Å². The maximum Gasteiger partial charge on any atom is 0.231 e. The molecule has 2 N–H and O–H groups in total. The molecule has 0 unspecified atom stereocenters. The average Bonchev–Trinajstić information content (AvgIpc) is 3.04. The van der Waals surface area contributed by atoms with Gasteiger partial charge in [-0.3, -0.25) is 0 Å². The monoisotopic (exact) mass is 312 g/mol. The number of ether oxygens (including phenoxy) is 2. The van der Waals surface area contributed by atoms with Gasteiger partial charge in [0.1, 0.15) is 18.0 Å². The van der Waals surface area contributed by atoms with Crippen LogP contribution in [0.1, 0.15) is 32.1 Å². The summed E-state index contributed by atoms with van der Waals surface area (Å²) in [5.74, 6) is 3.16. The summed E-state index contributed by atoms with van der Waals surface area (Å²) in [6, 6.07) is 8.23. The summed E-state index contributed by atoms with van der Waals surface area (Å²) in [6.45, 7) is 0.280. The first-order valence-corrected chi connectivity index (χ1v) is 8.12. The van der Waals surface area contributed by atoms with E-state index in [0.717, 1.165) is 28.8 Å². The second-order valence-electron chi connectivity index (χ2n) is 5.96. The average molecular weight is 312 g/mol. The number of rotatable bonds is 4. The molecule has 1 aliphatic carbocycles. The molecule has 0 radical (unpaired) electrons. The quantitative estimate of drug-likeness (QED) is 0.897. The van der Waals surface area contributed by atoms with Crippen LogP contribution in [0.15, 0.2) is 30.6 Å². The Balaban J connectivity index is 1.45. The summed E-state index contributed by atoms with van der Waals surface area (Å²) >= 11 is 0. The molecule has 0 bridgehead atoms. The molecule has 0 spiro atoms. The summed E-state index contributed by atoms with van der Waals surface area (Å²) in [5.41, 5.74) is 0.913. The molecule has 1 fully saturated rings. The van der Waals surface area contributed by atoms with E-state index in [1.54, 1.807) is 6.33 Å². The van der Waals surface area contributed by atoms with Gasteiger partial charge < -0.3 is 20.1 Å². The third-order valence-corrected chi connectivity index (χ3v) is 4.27. The van der Waals surface area contributed by atoms with Crippen molar-refractivity contribution in [3.8, 4) is 11.5 Å². The smallest absolute Gasteiger partial charge is 0.231 e. The van der Waals surface area contributed by atoms with E-state index < -0.39 is 0 Å². The van der Waals surface area contributed by atoms with Gasteiger partial charge in [0.15, 0.2) is 11.5 Å². The van der Waals surface area contributed by atoms with Crippen molar-refractivity contribution >= 4 is 17.3 Å². The van der Waals surface area contributed by atoms with Crippen molar-refractivity contribution in [3.05, 3.63) is 30.6 Å². The standard InChI is InChI=1S/C17H20N4O2/c1-2-4-12(5-3-1)20-16-9-17(19-10-18-16)21-13-6-7-14-15(8-13)23-11-22-14/h6-10,12H,1-5,11H2,(H2,18,19,20,21). The Morgan fingerprint density at radius 3 is 2.65 bits per heavy atom. The van der Waals surface area contributed by atoms with Crippen molar-refractivity contribution in [2.75, 3.05) is 17.4 Å². The molecule has 1 aromatic carbocycles. The molecule has 1 aromatic heterocycles. The van der Waals surface area contributed by atoms with Crippen LogP contribution in [0.2, 0.25) is 0 Å². The molecular formula is C17H20N4O2. The highest BCUT2D eigenvalue weighted by Crippen LogP contribution is 2.35. The zero-order valence-corrected chi connectivity index (χ0v) is 12.9. The molecule has 1 saturated carbocycles. The van der Waals surface area contributed by atoms with Crippen molar-refractivity contribution in [2.45, 2.75) is 38.1 Å². The van der Waals surface area contributed by atoms with Gasteiger partial charge in [-0.15, -0.1) is 0 Å². The molecule has 120 valence electrons. The summed E-state index contributed by atoms with van der Waals surface area (Å²) in [4.78, 5) is 8.61. The predicted octanol–water partition coefficient (Wildman–Crippen LogP) is 3.69. The normalized spacial score (nSPS) is 17.0. The first-order chi connectivity index (χ1) is 11.4. The van der Waals surface area contributed by atoms with Gasteiger partial charge in [-0.1, -0.05) is 19.3 Å². The fourth-order valence-electron chi connectivity index (χ4n) is 3.08. The van der Waals surface area contributed by atoms with Crippen molar-refractivity contribution in [1.82, 2.24) is 9.97 Å². The van der Waals surface area contributed by atoms with Gasteiger partial charge in [-0.2, -0.15) is 0 Å². The predicted molar refractivity (Wildman–Crippen MR) is 88.4 cm³/mol. The molecule has 2 aromatic rings. The van der Waals surface area contributed by atoms with Crippen molar-refractivity contribution < 1.29 is 9.47 Å².